The first-order valence-electron chi connectivity index (χ1n) is 22.7. The maximum Gasteiger partial charge on any atom is 0.207 e. The molecule has 0 atom stereocenters. The predicted octanol–water partition coefficient (Wildman–Crippen LogP) is 14.3. The summed E-state index contributed by atoms with van der Waals surface area (Å²) in [6, 6.07) is 61.0. The summed E-state index contributed by atoms with van der Waals surface area (Å²) in [6.45, 7) is 13.7. The predicted molar refractivity (Wildman–Crippen MR) is 266 cm³/mol. The number of sulfone groups is 1. The van der Waals surface area contributed by atoms with Crippen LogP contribution in [-0.4, -0.2) is 23.4 Å². The lowest BCUT2D eigenvalue weighted by Gasteiger charge is -2.32. The molecule has 1 aromatic heterocycles. The van der Waals surface area contributed by atoms with Crippen molar-refractivity contribution in [1.29, 1.82) is 0 Å². The Balaban J connectivity index is 1.11. The Bertz CT molecular complexity index is 3550. The molecule has 66 heavy (non-hydrogen) atoms. The van der Waals surface area contributed by atoms with Crippen LogP contribution < -0.4 is 0 Å². The summed E-state index contributed by atoms with van der Waals surface area (Å²) in [5.41, 5.74) is 17.5. The number of rotatable bonds is 4. The number of nitrogens with zero attached hydrogens (tertiary/aromatic N) is 3. The van der Waals surface area contributed by atoms with Crippen molar-refractivity contribution in [2.24, 2.45) is 0 Å². The highest BCUT2D eigenvalue weighted by atomic mass is 32.2. The van der Waals surface area contributed by atoms with E-state index >= 15 is 0 Å². The van der Waals surface area contributed by atoms with Gasteiger partial charge in [-0.2, -0.15) is 0 Å². The Labute approximate surface area is 386 Å². The molecule has 0 saturated heterocycles. The molecule has 2 heterocycles. The molecule has 12 rings (SSSR count). The van der Waals surface area contributed by atoms with E-state index in [0.717, 1.165) is 33.4 Å². The first-order chi connectivity index (χ1) is 31.7. The second-order valence-corrected chi connectivity index (χ2v) is 21.9. The quantitative estimate of drug-likeness (QED) is 0.176. The molecule has 320 valence electrons. The van der Waals surface area contributed by atoms with E-state index < -0.39 is 15.3 Å². The lowest BCUT2D eigenvalue weighted by atomic mass is 9.68. The van der Waals surface area contributed by atoms with Gasteiger partial charge in [0.2, 0.25) is 9.84 Å². The van der Waals surface area contributed by atoms with Crippen LogP contribution in [0.1, 0.15) is 74.9 Å². The number of aromatic nitrogens is 3. The lowest BCUT2D eigenvalue weighted by molar-refractivity contribution is 0.586. The van der Waals surface area contributed by atoms with E-state index in [0.29, 0.717) is 39.1 Å². The second-order valence-electron chi connectivity index (χ2n) is 20.0. The van der Waals surface area contributed by atoms with Gasteiger partial charge in [-0.15, -0.1) is 0 Å². The molecule has 0 saturated carbocycles. The highest BCUT2D eigenvalue weighted by molar-refractivity contribution is 7.92. The smallest absolute Gasteiger partial charge is 0.207 e. The summed E-state index contributed by atoms with van der Waals surface area (Å²) >= 11 is 0. The summed E-state index contributed by atoms with van der Waals surface area (Å²) in [6.07, 6.45) is 0. The van der Waals surface area contributed by atoms with Gasteiger partial charge in [0.1, 0.15) is 0 Å². The molecular formula is C60H47N3O2S. The standard InChI is InChI=1S/C60H47N3O2S/c1-58(2,3)40-28-31-42-43-32-29-41(59(4,5)6)35-51(43)60(50(42)34-40)48-20-12-10-18-46(48)54-47(19-14-21-49(54)60)57-62-55(38-25-23-37(24-26-38)36-15-8-7-9-16-36)61-56(63-57)39-27-30-45-44-17-11-13-22-52(44)66(64,65)53(45)33-39/h7-35H,1-6H3. The van der Waals surface area contributed by atoms with Gasteiger partial charge in [0, 0.05) is 27.8 Å². The van der Waals surface area contributed by atoms with Crippen molar-refractivity contribution < 1.29 is 8.42 Å². The molecule has 1 aliphatic heterocycles. The largest absolute Gasteiger partial charge is 0.218 e. The van der Waals surface area contributed by atoms with Crippen molar-refractivity contribution in [3.63, 3.8) is 0 Å². The zero-order valence-corrected chi connectivity index (χ0v) is 38.6. The minimum atomic E-state index is -3.75. The van der Waals surface area contributed by atoms with Gasteiger partial charge in [0.05, 0.1) is 15.2 Å². The molecule has 0 unspecified atom stereocenters. The Kier molecular flexibility index (Phi) is 8.60. The molecule has 3 aliphatic rings. The second kappa shape index (κ2) is 14.1. The molecule has 2 aliphatic carbocycles. The summed E-state index contributed by atoms with van der Waals surface area (Å²) in [5, 5.41) is 0. The molecule has 8 aromatic carbocycles. The zero-order valence-electron chi connectivity index (χ0n) is 37.8. The minimum Gasteiger partial charge on any atom is -0.218 e. The zero-order chi connectivity index (χ0) is 45.3. The molecule has 5 nitrogen and oxygen atoms in total. The van der Waals surface area contributed by atoms with E-state index in [9.17, 15) is 8.42 Å². The van der Waals surface area contributed by atoms with Crippen molar-refractivity contribution >= 4 is 9.84 Å². The maximum atomic E-state index is 14.0. The van der Waals surface area contributed by atoms with Crippen LogP contribution in [0.15, 0.2) is 186 Å². The van der Waals surface area contributed by atoms with Crippen LogP contribution in [-0.2, 0) is 26.1 Å². The highest BCUT2D eigenvalue weighted by Crippen LogP contribution is 2.64. The summed E-state index contributed by atoms with van der Waals surface area (Å²) in [4.78, 5) is 16.4. The van der Waals surface area contributed by atoms with Crippen molar-refractivity contribution in [2.75, 3.05) is 0 Å². The first-order valence-corrected chi connectivity index (χ1v) is 24.2. The van der Waals surface area contributed by atoms with Crippen LogP contribution in [0.5, 0.6) is 0 Å². The molecular weight excluding hydrogens is 827 g/mol. The van der Waals surface area contributed by atoms with Gasteiger partial charge in [0.25, 0.3) is 0 Å². The number of fused-ring (bicyclic) bond motifs is 13. The van der Waals surface area contributed by atoms with Gasteiger partial charge in [-0.05, 0) is 89.7 Å². The molecule has 0 radical (unpaired) electrons. The third-order valence-corrected chi connectivity index (χ3v) is 15.9. The van der Waals surface area contributed by atoms with Crippen LogP contribution in [0.3, 0.4) is 0 Å². The first kappa shape index (κ1) is 40.2. The topological polar surface area (TPSA) is 72.8 Å². The molecule has 6 heteroatoms. The summed E-state index contributed by atoms with van der Waals surface area (Å²) in [7, 11) is -3.75. The van der Waals surface area contributed by atoms with E-state index in [1.807, 2.05) is 42.5 Å². The fourth-order valence-electron chi connectivity index (χ4n) is 10.7. The molecule has 9 aromatic rings. The van der Waals surface area contributed by atoms with E-state index in [4.69, 9.17) is 15.0 Å². The van der Waals surface area contributed by atoms with E-state index in [2.05, 4.69) is 157 Å². The Morgan fingerprint density at radius 2 is 0.848 bits per heavy atom. The third kappa shape index (κ3) is 5.84. The average molecular weight is 874 g/mol. The molecule has 0 bridgehead atoms. The van der Waals surface area contributed by atoms with Crippen LogP contribution >= 0.6 is 0 Å². The van der Waals surface area contributed by atoms with Crippen LogP contribution in [0, 0.1) is 0 Å². The number of hydrogen-bond acceptors (Lipinski definition) is 5. The van der Waals surface area contributed by atoms with Crippen molar-refractivity contribution in [3.05, 3.63) is 209 Å². The van der Waals surface area contributed by atoms with Crippen molar-refractivity contribution in [1.82, 2.24) is 15.0 Å². The lowest BCUT2D eigenvalue weighted by Crippen LogP contribution is -2.27. The summed E-state index contributed by atoms with van der Waals surface area (Å²) < 4.78 is 28.1. The molecule has 0 amide bonds. The van der Waals surface area contributed by atoms with Gasteiger partial charge in [-0.1, -0.05) is 205 Å². The SMILES string of the molecule is CC(C)(C)c1ccc2c(c1)C1(c3cc(C(C)(C)C)ccc3-2)c2ccccc2-c2c(-c3nc(-c4ccc(-c5ccccc5)cc4)nc(-c4ccc5c(c4)S(=O)(=O)c4ccccc4-5)n3)cccc21. The van der Waals surface area contributed by atoms with Crippen molar-refractivity contribution in [3.8, 4) is 78.7 Å². The minimum absolute atomic E-state index is 0.0684. The third-order valence-electron chi connectivity index (χ3n) is 14.1. The summed E-state index contributed by atoms with van der Waals surface area (Å²) in [5.74, 6) is 1.42. The van der Waals surface area contributed by atoms with E-state index in [-0.39, 0.29) is 15.7 Å². The number of hydrogen-bond donors (Lipinski definition) is 0. The van der Waals surface area contributed by atoms with Gasteiger partial charge in [-0.25, -0.2) is 23.4 Å². The Morgan fingerprint density at radius 1 is 0.364 bits per heavy atom. The van der Waals surface area contributed by atoms with E-state index in [1.165, 1.54) is 44.5 Å². The van der Waals surface area contributed by atoms with E-state index in [1.54, 1.807) is 18.2 Å². The normalized spacial score (nSPS) is 14.6. The maximum absolute atomic E-state index is 14.0. The van der Waals surface area contributed by atoms with Gasteiger partial charge < -0.3 is 0 Å². The van der Waals surface area contributed by atoms with Crippen LogP contribution in [0.2, 0.25) is 0 Å². The van der Waals surface area contributed by atoms with Gasteiger partial charge >= 0.3 is 0 Å². The molecule has 0 fully saturated rings. The highest BCUT2D eigenvalue weighted by Gasteiger charge is 2.53. The fourth-order valence-corrected chi connectivity index (χ4v) is 12.4. The molecule has 0 N–H and O–H groups in total. The van der Waals surface area contributed by atoms with Crippen LogP contribution in [0.4, 0.5) is 0 Å². The monoisotopic (exact) mass is 873 g/mol. The van der Waals surface area contributed by atoms with Gasteiger partial charge in [0.15, 0.2) is 17.5 Å². The van der Waals surface area contributed by atoms with Crippen molar-refractivity contribution in [2.45, 2.75) is 67.6 Å². The van der Waals surface area contributed by atoms with Crippen LogP contribution in [0.25, 0.3) is 78.7 Å². The average Bonchev–Trinajstić information content (AvgIpc) is 3.89. The van der Waals surface area contributed by atoms with Gasteiger partial charge in [-0.3, -0.25) is 0 Å². The fraction of sp³-hybridized carbons (Fsp3) is 0.150. The Hall–Kier alpha value is -7.28. The molecule has 1 spiro atoms. The number of benzene rings is 8. The Morgan fingerprint density at radius 3 is 1.52 bits per heavy atom.